The summed E-state index contributed by atoms with van der Waals surface area (Å²) in [5, 5.41) is 8.10. The third-order valence-corrected chi connectivity index (χ3v) is 3.48. The predicted molar refractivity (Wildman–Crippen MR) is 84.7 cm³/mol. The van der Waals surface area contributed by atoms with E-state index in [-0.39, 0.29) is 0 Å². The lowest BCUT2D eigenvalue weighted by Crippen LogP contribution is -2.02. The number of hydrogen-bond donors (Lipinski definition) is 0. The van der Waals surface area contributed by atoms with E-state index in [1.807, 2.05) is 13.2 Å². The van der Waals surface area contributed by atoms with Crippen LogP contribution in [0.25, 0.3) is 0 Å². The molecule has 4 nitrogen and oxygen atoms in total. The van der Waals surface area contributed by atoms with E-state index in [0.717, 1.165) is 37.3 Å². The lowest BCUT2D eigenvalue weighted by atomic mass is 9.97. The Hall–Kier alpha value is -1.84. The summed E-state index contributed by atoms with van der Waals surface area (Å²) in [5.74, 6) is 1.49. The SMILES string of the molecule is CCCOc1ccc(CCc2cn(C)nn2)cc1C(C)C. The van der Waals surface area contributed by atoms with Gasteiger partial charge in [-0.15, -0.1) is 5.10 Å². The van der Waals surface area contributed by atoms with Crippen LogP contribution in [0.1, 0.15) is 49.9 Å². The predicted octanol–water partition coefficient (Wildman–Crippen LogP) is 3.51. The molecule has 0 saturated heterocycles. The van der Waals surface area contributed by atoms with Gasteiger partial charge in [0, 0.05) is 13.2 Å². The Balaban J connectivity index is 2.08. The van der Waals surface area contributed by atoms with Gasteiger partial charge in [0.05, 0.1) is 12.3 Å². The minimum absolute atomic E-state index is 0.466. The average Bonchev–Trinajstić information content (AvgIpc) is 2.89. The van der Waals surface area contributed by atoms with E-state index in [0.29, 0.717) is 5.92 Å². The van der Waals surface area contributed by atoms with Crippen LogP contribution in [-0.4, -0.2) is 21.6 Å². The number of nitrogens with zero attached hydrogens (tertiary/aromatic N) is 3. The Bertz CT molecular complexity index is 575. The zero-order chi connectivity index (χ0) is 15.2. The van der Waals surface area contributed by atoms with Gasteiger partial charge in [-0.2, -0.15) is 0 Å². The van der Waals surface area contributed by atoms with E-state index >= 15 is 0 Å². The Morgan fingerprint density at radius 2 is 2.05 bits per heavy atom. The third kappa shape index (κ3) is 4.31. The first-order chi connectivity index (χ1) is 10.1. The summed E-state index contributed by atoms with van der Waals surface area (Å²) in [6.07, 6.45) is 4.90. The van der Waals surface area contributed by atoms with Gasteiger partial charge in [0.25, 0.3) is 0 Å². The van der Waals surface area contributed by atoms with Gasteiger partial charge in [-0.25, -0.2) is 0 Å². The van der Waals surface area contributed by atoms with E-state index < -0.39 is 0 Å². The van der Waals surface area contributed by atoms with Crippen molar-refractivity contribution in [1.29, 1.82) is 0 Å². The smallest absolute Gasteiger partial charge is 0.122 e. The van der Waals surface area contributed by atoms with Crippen LogP contribution in [-0.2, 0) is 19.9 Å². The molecule has 0 atom stereocenters. The topological polar surface area (TPSA) is 39.9 Å². The van der Waals surface area contributed by atoms with E-state index in [9.17, 15) is 0 Å². The molecule has 0 aliphatic rings. The van der Waals surface area contributed by atoms with Crippen LogP contribution < -0.4 is 4.74 Å². The van der Waals surface area contributed by atoms with E-state index in [1.54, 1.807) is 4.68 Å². The summed E-state index contributed by atoms with van der Waals surface area (Å²) in [7, 11) is 1.90. The molecule has 0 N–H and O–H groups in total. The molecule has 0 bridgehead atoms. The van der Waals surface area contributed by atoms with Gasteiger partial charge in [0.1, 0.15) is 5.75 Å². The number of ether oxygens (including phenoxy) is 1. The molecule has 0 aliphatic carbocycles. The second-order valence-electron chi connectivity index (χ2n) is 5.76. The van der Waals surface area contributed by atoms with Crippen LogP contribution in [0.15, 0.2) is 24.4 Å². The van der Waals surface area contributed by atoms with Crippen molar-refractivity contribution in [3.05, 3.63) is 41.2 Å². The van der Waals surface area contributed by atoms with Gasteiger partial charge < -0.3 is 4.74 Å². The summed E-state index contributed by atoms with van der Waals surface area (Å²) in [4.78, 5) is 0. The molecule has 4 heteroatoms. The second-order valence-corrected chi connectivity index (χ2v) is 5.76. The monoisotopic (exact) mass is 287 g/mol. The number of hydrogen-bond acceptors (Lipinski definition) is 3. The zero-order valence-electron chi connectivity index (χ0n) is 13.5. The molecule has 1 aromatic carbocycles. The van der Waals surface area contributed by atoms with Gasteiger partial charge in [-0.05, 0) is 42.4 Å². The van der Waals surface area contributed by atoms with E-state index in [4.69, 9.17) is 4.74 Å². The first-order valence-corrected chi connectivity index (χ1v) is 7.71. The second kappa shape index (κ2) is 7.25. The standard InChI is InChI=1S/C17H25N3O/c1-5-10-21-17-9-7-14(11-16(17)13(2)3)6-8-15-12-20(4)19-18-15/h7,9,11-13H,5-6,8,10H2,1-4H3. The summed E-state index contributed by atoms with van der Waals surface area (Å²) in [6, 6.07) is 6.54. The maximum absolute atomic E-state index is 5.84. The van der Waals surface area contributed by atoms with Crippen molar-refractivity contribution in [2.45, 2.75) is 46.0 Å². The van der Waals surface area contributed by atoms with Gasteiger partial charge in [0.15, 0.2) is 0 Å². The molecule has 0 fully saturated rings. The van der Waals surface area contributed by atoms with Gasteiger partial charge >= 0.3 is 0 Å². The Labute approximate surface area is 127 Å². The number of aryl methyl sites for hydroxylation is 3. The van der Waals surface area contributed by atoms with Gasteiger partial charge in [0.2, 0.25) is 0 Å². The number of rotatable bonds is 7. The van der Waals surface area contributed by atoms with Crippen molar-refractivity contribution in [3.63, 3.8) is 0 Å². The lowest BCUT2D eigenvalue weighted by Gasteiger charge is -2.15. The van der Waals surface area contributed by atoms with E-state index in [2.05, 4.69) is 49.3 Å². The molecule has 1 aromatic heterocycles. The highest BCUT2D eigenvalue weighted by molar-refractivity contribution is 5.39. The van der Waals surface area contributed by atoms with Gasteiger partial charge in [-0.3, -0.25) is 4.68 Å². The molecule has 0 radical (unpaired) electrons. The molecular weight excluding hydrogens is 262 g/mol. The molecule has 0 spiro atoms. The Kier molecular flexibility index (Phi) is 5.37. The van der Waals surface area contributed by atoms with Gasteiger partial charge in [-0.1, -0.05) is 38.1 Å². The van der Waals surface area contributed by atoms with E-state index in [1.165, 1.54) is 11.1 Å². The molecule has 21 heavy (non-hydrogen) atoms. The van der Waals surface area contributed by atoms with Crippen molar-refractivity contribution in [2.24, 2.45) is 7.05 Å². The quantitative estimate of drug-likeness (QED) is 0.782. The summed E-state index contributed by atoms with van der Waals surface area (Å²) >= 11 is 0. The molecule has 0 saturated carbocycles. The maximum atomic E-state index is 5.84. The summed E-state index contributed by atoms with van der Waals surface area (Å²) < 4.78 is 7.59. The van der Waals surface area contributed by atoms with Crippen molar-refractivity contribution < 1.29 is 4.74 Å². The van der Waals surface area contributed by atoms with Crippen LogP contribution in [0.4, 0.5) is 0 Å². The Morgan fingerprint density at radius 1 is 1.24 bits per heavy atom. The average molecular weight is 287 g/mol. The molecule has 0 amide bonds. The largest absolute Gasteiger partial charge is 0.493 e. The minimum Gasteiger partial charge on any atom is -0.493 e. The van der Waals surface area contributed by atoms with Crippen LogP contribution in [0.5, 0.6) is 5.75 Å². The minimum atomic E-state index is 0.466. The van der Waals surface area contributed by atoms with Crippen molar-refractivity contribution in [1.82, 2.24) is 15.0 Å². The lowest BCUT2D eigenvalue weighted by molar-refractivity contribution is 0.313. The van der Waals surface area contributed by atoms with Crippen LogP contribution in [0, 0.1) is 0 Å². The summed E-state index contributed by atoms with van der Waals surface area (Å²) in [5.41, 5.74) is 3.66. The number of benzene rings is 1. The molecule has 2 aromatic rings. The first kappa shape index (κ1) is 15.5. The molecule has 1 heterocycles. The maximum Gasteiger partial charge on any atom is 0.122 e. The highest BCUT2D eigenvalue weighted by Gasteiger charge is 2.09. The normalized spacial score (nSPS) is 11.1. The highest BCUT2D eigenvalue weighted by atomic mass is 16.5. The molecule has 0 unspecified atom stereocenters. The highest BCUT2D eigenvalue weighted by Crippen LogP contribution is 2.28. The van der Waals surface area contributed by atoms with Crippen LogP contribution in [0.3, 0.4) is 0 Å². The van der Waals surface area contributed by atoms with Crippen LogP contribution >= 0.6 is 0 Å². The molecule has 0 aliphatic heterocycles. The molecule has 114 valence electrons. The van der Waals surface area contributed by atoms with Crippen molar-refractivity contribution in [3.8, 4) is 5.75 Å². The fourth-order valence-electron chi connectivity index (χ4n) is 2.33. The number of aromatic nitrogens is 3. The Morgan fingerprint density at radius 3 is 2.67 bits per heavy atom. The first-order valence-electron chi connectivity index (χ1n) is 7.71. The molecular formula is C17H25N3O. The fourth-order valence-corrected chi connectivity index (χ4v) is 2.33. The third-order valence-electron chi connectivity index (χ3n) is 3.48. The van der Waals surface area contributed by atoms with Crippen molar-refractivity contribution in [2.75, 3.05) is 6.61 Å². The fraction of sp³-hybridized carbons (Fsp3) is 0.529. The molecule has 2 rings (SSSR count). The zero-order valence-corrected chi connectivity index (χ0v) is 13.5. The van der Waals surface area contributed by atoms with Crippen LogP contribution in [0.2, 0.25) is 0 Å². The summed E-state index contributed by atoms with van der Waals surface area (Å²) in [6.45, 7) is 7.32. The van der Waals surface area contributed by atoms with Crippen molar-refractivity contribution >= 4 is 0 Å².